The Balaban J connectivity index is 2.69. The molecule has 1 aromatic rings. The minimum Gasteiger partial charge on any atom is -0.380 e. The van der Waals surface area contributed by atoms with E-state index >= 15 is 0 Å². The van der Waals surface area contributed by atoms with Crippen LogP contribution in [0, 0.1) is 0 Å². The molecule has 0 N–H and O–H groups in total. The number of hydrogen-bond acceptors (Lipinski definition) is 3. The Hall–Kier alpha value is -0.840. The molecule has 0 fully saturated rings. The van der Waals surface area contributed by atoms with Gasteiger partial charge in [0.2, 0.25) is 9.84 Å². The van der Waals surface area contributed by atoms with E-state index in [9.17, 15) is 8.42 Å². The van der Waals surface area contributed by atoms with Crippen molar-refractivity contribution in [1.29, 1.82) is 0 Å². The van der Waals surface area contributed by atoms with E-state index in [0.717, 1.165) is 0 Å². The first-order valence-electron chi connectivity index (χ1n) is 4.30. The SMILES string of the molecule is COCC1=CS(=O)(=O)c2cccc(Cl)c21. The van der Waals surface area contributed by atoms with Gasteiger partial charge in [0.1, 0.15) is 0 Å². The topological polar surface area (TPSA) is 43.4 Å². The van der Waals surface area contributed by atoms with Crippen molar-refractivity contribution in [1.82, 2.24) is 0 Å². The van der Waals surface area contributed by atoms with Crippen LogP contribution in [0.15, 0.2) is 28.5 Å². The lowest BCUT2D eigenvalue weighted by Gasteiger charge is -2.04. The molecule has 15 heavy (non-hydrogen) atoms. The normalized spacial score (nSPS) is 17.3. The quantitative estimate of drug-likeness (QED) is 0.800. The lowest BCUT2D eigenvalue weighted by molar-refractivity contribution is 0.240. The van der Waals surface area contributed by atoms with E-state index < -0.39 is 9.84 Å². The number of rotatable bonds is 2. The summed E-state index contributed by atoms with van der Waals surface area (Å²) in [6.45, 7) is 0.246. The number of benzene rings is 1. The summed E-state index contributed by atoms with van der Waals surface area (Å²) in [6, 6.07) is 4.85. The highest BCUT2D eigenvalue weighted by Crippen LogP contribution is 2.37. The van der Waals surface area contributed by atoms with Crippen molar-refractivity contribution in [3.63, 3.8) is 0 Å². The van der Waals surface area contributed by atoms with Crippen molar-refractivity contribution in [2.45, 2.75) is 4.90 Å². The van der Waals surface area contributed by atoms with Crippen molar-refractivity contribution >= 4 is 27.0 Å². The molecule has 1 aliphatic heterocycles. The van der Waals surface area contributed by atoms with Crippen LogP contribution >= 0.6 is 11.6 Å². The van der Waals surface area contributed by atoms with Crippen molar-refractivity contribution in [2.75, 3.05) is 13.7 Å². The zero-order chi connectivity index (χ0) is 11.1. The van der Waals surface area contributed by atoms with E-state index in [0.29, 0.717) is 16.2 Å². The summed E-state index contributed by atoms with van der Waals surface area (Å²) in [6.07, 6.45) is 0. The third kappa shape index (κ3) is 1.69. The standard InChI is InChI=1S/C10H9ClO3S/c1-14-5-7-6-15(12,13)9-4-2-3-8(11)10(7)9/h2-4,6H,5H2,1H3. The predicted octanol–water partition coefficient (Wildman–Crippen LogP) is 2.11. The Labute approximate surface area is 93.2 Å². The molecule has 0 bridgehead atoms. The molecule has 1 aliphatic rings. The van der Waals surface area contributed by atoms with E-state index in [2.05, 4.69) is 0 Å². The summed E-state index contributed by atoms with van der Waals surface area (Å²) in [4.78, 5) is 0.266. The van der Waals surface area contributed by atoms with Crippen LogP contribution in [-0.2, 0) is 14.6 Å². The molecule has 0 aliphatic carbocycles. The van der Waals surface area contributed by atoms with Gasteiger partial charge < -0.3 is 4.74 Å². The Morgan fingerprint density at radius 3 is 2.80 bits per heavy atom. The molecule has 80 valence electrons. The molecule has 0 amide bonds. The fraction of sp³-hybridized carbons (Fsp3) is 0.200. The van der Waals surface area contributed by atoms with Gasteiger partial charge in [-0.1, -0.05) is 17.7 Å². The van der Waals surface area contributed by atoms with Gasteiger partial charge in [-0.2, -0.15) is 0 Å². The second-order valence-electron chi connectivity index (χ2n) is 3.23. The Bertz CT molecular complexity index is 532. The molecule has 1 aromatic carbocycles. The maximum absolute atomic E-state index is 11.7. The van der Waals surface area contributed by atoms with Gasteiger partial charge in [0.05, 0.1) is 11.5 Å². The fourth-order valence-corrected chi connectivity index (χ4v) is 3.46. The molecule has 2 rings (SSSR count). The van der Waals surface area contributed by atoms with Gasteiger partial charge in [-0.15, -0.1) is 0 Å². The molecule has 0 saturated heterocycles. The van der Waals surface area contributed by atoms with Gasteiger partial charge in [-0.05, 0) is 17.7 Å². The number of halogens is 1. The van der Waals surface area contributed by atoms with Gasteiger partial charge in [0, 0.05) is 23.1 Å². The van der Waals surface area contributed by atoms with Crippen LogP contribution in [0.1, 0.15) is 5.56 Å². The van der Waals surface area contributed by atoms with Crippen LogP contribution in [-0.4, -0.2) is 22.1 Å². The van der Waals surface area contributed by atoms with Crippen molar-refractivity contribution in [2.24, 2.45) is 0 Å². The van der Waals surface area contributed by atoms with Crippen molar-refractivity contribution in [3.8, 4) is 0 Å². The van der Waals surface area contributed by atoms with Crippen LogP contribution in [0.2, 0.25) is 5.02 Å². The van der Waals surface area contributed by atoms with Crippen LogP contribution in [0.3, 0.4) is 0 Å². The van der Waals surface area contributed by atoms with E-state index in [4.69, 9.17) is 16.3 Å². The molecule has 0 atom stereocenters. The highest BCUT2D eigenvalue weighted by atomic mass is 35.5. The molecular weight excluding hydrogens is 236 g/mol. The predicted molar refractivity (Wildman–Crippen MR) is 58.5 cm³/mol. The second-order valence-corrected chi connectivity index (χ2v) is 5.41. The summed E-state index contributed by atoms with van der Waals surface area (Å²) in [5, 5.41) is 1.66. The lowest BCUT2D eigenvalue weighted by atomic mass is 10.1. The zero-order valence-electron chi connectivity index (χ0n) is 8.03. The van der Waals surface area contributed by atoms with Crippen molar-refractivity contribution in [3.05, 3.63) is 34.2 Å². The maximum atomic E-state index is 11.7. The Morgan fingerprint density at radius 1 is 1.40 bits per heavy atom. The van der Waals surface area contributed by atoms with E-state index in [1.807, 2.05) is 0 Å². The molecule has 0 aromatic heterocycles. The maximum Gasteiger partial charge on any atom is 0.200 e. The third-order valence-electron chi connectivity index (χ3n) is 2.20. The Morgan fingerprint density at radius 2 is 2.13 bits per heavy atom. The molecule has 3 nitrogen and oxygen atoms in total. The average Bonchev–Trinajstić information content (AvgIpc) is 2.41. The van der Waals surface area contributed by atoms with Gasteiger partial charge >= 0.3 is 0 Å². The van der Waals surface area contributed by atoms with Crippen LogP contribution < -0.4 is 0 Å². The lowest BCUT2D eigenvalue weighted by Crippen LogP contribution is -1.94. The number of sulfone groups is 1. The first-order valence-corrected chi connectivity index (χ1v) is 6.22. The molecule has 0 radical (unpaired) electrons. The number of fused-ring (bicyclic) bond motifs is 1. The summed E-state index contributed by atoms with van der Waals surface area (Å²) in [7, 11) is -1.81. The van der Waals surface area contributed by atoms with Gasteiger partial charge in [-0.3, -0.25) is 0 Å². The zero-order valence-corrected chi connectivity index (χ0v) is 9.60. The third-order valence-corrected chi connectivity index (χ3v) is 4.06. The summed E-state index contributed by atoms with van der Waals surface area (Å²) >= 11 is 5.97. The molecule has 0 unspecified atom stereocenters. The first-order chi connectivity index (χ1) is 7.06. The van der Waals surface area contributed by atoms with Gasteiger partial charge in [0.15, 0.2) is 0 Å². The molecule has 1 heterocycles. The van der Waals surface area contributed by atoms with E-state index in [1.165, 1.54) is 12.5 Å². The minimum atomic E-state index is -3.33. The molecule has 5 heteroatoms. The minimum absolute atomic E-state index is 0.246. The first kappa shape index (κ1) is 10.7. The summed E-state index contributed by atoms with van der Waals surface area (Å²) in [5.74, 6) is 0. The number of hydrogen-bond donors (Lipinski definition) is 0. The monoisotopic (exact) mass is 244 g/mol. The molecule has 0 spiro atoms. The second kappa shape index (κ2) is 3.63. The fourth-order valence-electron chi connectivity index (χ4n) is 1.62. The van der Waals surface area contributed by atoms with Crippen LogP contribution in [0.4, 0.5) is 0 Å². The van der Waals surface area contributed by atoms with Crippen LogP contribution in [0.5, 0.6) is 0 Å². The summed E-state index contributed by atoms with van der Waals surface area (Å²) < 4.78 is 28.3. The van der Waals surface area contributed by atoms with Crippen molar-refractivity contribution < 1.29 is 13.2 Å². The van der Waals surface area contributed by atoms with Crippen LogP contribution in [0.25, 0.3) is 5.57 Å². The Kier molecular flexibility index (Phi) is 2.58. The molecule has 0 saturated carbocycles. The highest BCUT2D eigenvalue weighted by molar-refractivity contribution is 7.95. The van der Waals surface area contributed by atoms with Gasteiger partial charge in [0.25, 0.3) is 0 Å². The average molecular weight is 245 g/mol. The highest BCUT2D eigenvalue weighted by Gasteiger charge is 2.28. The smallest absolute Gasteiger partial charge is 0.200 e. The van der Waals surface area contributed by atoms with E-state index in [-0.39, 0.29) is 11.5 Å². The molecular formula is C10H9ClO3S. The summed E-state index contributed by atoms with van der Waals surface area (Å²) in [5.41, 5.74) is 1.18. The van der Waals surface area contributed by atoms with Gasteiger partial charge in [-0.25, -0.2) is 8.42 Å². The van der Waals surface area contributed by atoms with E-state index in [1.54, 1.807) is 18.2 Å². The number of ether oxygens (including phenoxy) is 1. The number of methoxy groups -OCH3 is 1. The largest absolute Gasteiger partial charge is 0.380 e.